The number of carbonyl (C=O) groups is 2. The maximum atomic E-state index is 13.3. The molecule has 3 rings (SSSR count). The monoisotopic (exact) mass is 363 g/mol. The highest BCUT2D eigenvalue weighted by Crippen LogP contribution is 2.32. The number of hydrogen-bond acceptors (Lipinski definition) is 3. The van der Waals surface area contributed by atoms with Crippen LogP contribution in [0.2, 0.25) is 0 Å². The van der Waals surface area contributed by atoms with Crippen molar-refractivity contribution in [2.75, 3.05) is 11.9 Å². The van der Waals surface area contributed by atoms with Crippen molar-refractivity contribution in [3.63, 3.8) is 0 Å². The molecule has 1 unspecified atom stereocenters. The zero-order valence-corrected chi connectivity index (χ0v) is 12.9. The lowest BCUT2D eigenvalue weighted by atomic mass is 10.0. The zero-order valence-electron chi connectivity index (χ0n) is 11.3. The SMILES string of the molecule is O=C1COc2ccc(C(=O)C(Br)c3cccc(F)c3)cc2N1. The molecule has 2 aromatic rings. The molecule has 112 valence electrons. The number of fused-ring (bicyclic) bond motifs is 1. The Kier molecular flexibility index (Phi) is 3.94. The first kappa shape index (κ1) is 14.7. The highest BCUT2D eigenvalue weighted by atomic mass is 79.9. The Labute approximate surface area is 134 Å². The molecule has 1 N–H and O–H groups in total. The number of halogens is 2. The first-order valence-corrected chi connectivity index (χ1v) is 7.46. The average molecular weight is 364 g/mol. The van der Waals surface area contributed by atoms with Crippen molar-refractivity contribution in [2.45, 2.75) is 4.83 Å². The molecule has 0 fully saturated rings. The number of amides is 1. The molecular formula is C16H11BrFNO3. The molecule has 1 aliphatic heterocycles. The van der Waals surface area contributed by atoms with Gasteiger partial charge >= 0.3 is 0 Å². The van der Waals surface area contributed by atoms with E-state index in [4.69, 9.17) is 4.74 Å². The Bertz CT molecular complexity index is 763. The van der Waals surface area contributed by atoms with E-state index in [1.165, 1.54) is 12.1 Å². The Hall–Kier alpha value is -2.21. The second-order valence-electron chi connectivity index (χ2n) is 4.83. The number of ether oxygens (including phenoxy) is 1. The molecule has 0 radical (unpaired) electrons. The predicted octanol–water partition coefficient (Wildman–Crippen LogP) is 3.48. The largest absolute Gasteiger partial charge is 0.482 e. The molecule has 1 heterocycles. The summed E-state index contributed by atoms with van der Waals surface area (Å²) in [5.41, 5.74) is 1.39. The van der Waals surface area contributed by atoms with Crippen LogP contribution in [0, 0.1) is 5.82 Å². The van der Waals surface area contributed by atoms with Crippen LogP contribution in [0.15, 0.2) is 42.5 Å². The molecule has 0 saturated heterocycles. The van der Waals surface area contributed by atoms with Gasteiger partial charge in [-0.15, -0.1) is 0 Å². The van der Waals surface area contributed by atoms with E-state index in [9.17, 15) is 14.0 Å². The Morgan fingerprint density at radius 1 is 1.27 bits per heavy atom. The van der Waals surface area contributed by atoms with Gasteiger partial charge in [0.15, 0.2) is 12.4 Å². The highest BCUT2D eigenvalue weighted by Gasteiger charge is 2.22. The second kappa shape index (κ2) is 5.88. The summed E-state index contributed by atoms with van der Waals surface area (Å²) >= 11 is 3.30. The second-order valence-corrected chi connectivity index (χ2v) is 5.75. The first-order valence-electron chi connectivity index (χ1n) is 6.55. The van der Waals surface area contributed by atoms with Gasteiger partial charge in [-0.2, -0.15) is 0 Å². The Morgan fingerprint density at radius 3 is 2.86 bits per heavy atom. The zero-order chi connectivity index (χ0) is 15.7. The number of alkyl halides is 1. The Morgan fingerprint density at radius 2 is 2.09 bits per heavy atom. The van der Waals surface area contributed by atoms with Gasteiger partial charge in [0.2, 0.25) is 0 Å². The number of hydrogen-bond donors (Lipinski definition) is 1. The average Bonchev–Trinajstić information content (AvgIpc) is 2.52. The van der Waals surface area contributed by atoms with Gasteiger partial charge in [0.05, 0.1) is 5.69 Å². The van der Waals surface area contributed by atoms with Gasteiger partial charge in [-0.05, 0) is 35.9 Å². The quantitative estimate of drug-likeness (QED) is 0.670. The van der Waals surface area contributed by atoms with Gasteiger partial charge in [0, 0.05) is 5.56 Å². The van der Waals surface area contributed by atoms with Crippen LogP contribution < -0.4 is 10.1 Å². The van der Waals surface area contributed by atoms with Crippen molar-refractivity contribution in [2.24, 2.45) is 0 Å². The fourth-order valence-electron chi connectivity index (χ4n) is 2.20. The van der Waals surface area contributed by atoms with E-state index in [2.05, 4.69) is 21.2 Å². The molecule has 6 heteroatoms. The summed E-state index contributed by atoms with van der Waals surface area (Å²) < 4.78 is 18.5. The van der Waals surface area contributed by atoms with Gasteiger partial charge in [0.1, 0.15) is 16.4 Å². The summed E-state index contributed by atoms with van der Waals surface area (Å²) in [5, 5.41) is 2.65. The number of ketones is 1. The lowest BCUT2D eigenvalue weighted by Gasteiger charge is -2.19. The van der Waals surface area contributed by atoms with Crippen molar-refractivity contribution < 1.29 is 18.7 Å². The predicted molar refractivity (Wildman–Crippen MR) is 83.0 cm³/mol. The minimum Gasteiger partial charge on any atom is -0.482 e. The van der Waals surface area contributed by atoms with Crippen LogP contribution in [-0.4, -0.2) is 18.3 Å². The van der Waals surface area contributed by atoms with Crippen molar-refractivity contribution in [3.8, 4) is 5.75 Å². The van der Waals surface area contributed by atoms with Crippen LogP contribution >= 0.6 is 15.9 Å². The fourth-order valence-corrected chi connectivity index (χ4v) is 2.75. The van der Waals surface area contributed by atoms with E-state index >= 15 is 0 Å². The van der Waals surface area contributed by atoms with Crippen molar-refractivity contribution in [1.82, 2.24) is 0 Å². The normalized spacial score (nSPS) is 14.5. The maximum absolute atomic E-state index is 13.3. The van der Waals surface area contributed by atoms with Crippen LogP contribution in [0.1, 0.15) is 20.7 Å². The van der Waals surface area contributed by atoms with Crippen LogP contribution in [-0.2, 0) is 4.79 Å². The number of Topliss-reactive ketones (excluding diaryl/α,β-unsaturated/α-hetero) is 1. The summed E-state index contributed by atoms with van der Waals surface area (Å²) in [6.07, 6.45) is 0. The van der Waals surface area contributed by atoms with Crippen LogP contribution in [0.5, 0.6) is 5.75 Å². The third kappa shape index (κ3) is 2.87. The summed E-state index contributed by atoms with van der Waals surface area (Å²) in [6, 6.07) is 10.7. The smallest absolute Gasteiger partial charge is 0.262 e. The maximum Gasteiger partial charge on any atom is 0.262 e. The van der Waals surface area contributed by atoms with E-state index in [1.54, 1.807) is 30.3 Å². The van der Waals surface area contributed by atoms with Gasteiger partial charge in [0.25, 0.3) is 5.91 Å². The molecule has 0 aromatic heterocycles. The molecule has 4 nitrogen and oxygen atoms in total. The summed E-state index contributed by atoms with van der Waals surface area (Å²) in [6.45, 7) is -0.0370. The van der Waals surface area contributed by atoms with E-state index in [0.717, 1.165) is 0 Å². The molecule has 1 atom stereocenters. The van der Waals surface area contributed by atoms with E-state index in [1.807, 2.05) is 0 Å². The van der Waals surface area contributed by atoms with Gasteiger partial charge in [-0.3, -0.25) is 9.59 Å². The first-order chi connectivity index (χ1) is 10.5. The van der Waals surface area contributed by atoms with Crippen LogP contribution in [0.4, 0.5) is 10.1 Å². The van der Waals surface area contributed by atoms with E-state index in [-0.39, 0.29) is 18.3 Å². The van der Waals surface area contributed by atoms with Crippen LogP contribution in [0.25, 0.3) is 0 Å². The molecule has 0 aliphatic carbocycles. The Balaban J connectivity index is 1.89. The third-order valence-electron chi connectivity index (χ3n) is 3.27. The van der Waals surface area contributed by atoms with Gasteiger partial charge < -0.3 is 10.1 Å². The van der Waals surface area contributed by atoms with E-state index in [0.29, 0.717) is 22.6 Å². The van der Waals surface area contributed by atoms with Gasteiger partial charge in [-0.25, -0.2) is 4.39 Å². The number of rotatable bonds is 3. The summed E-state index contributed by atoms with van der Waals surface area (Å²) in [7, 11) is 0. The lowest BCUT2D eigenvalue weighted by Crippen LogP contribution is -2.25. The molecule has 0 bridgehead atoms. The number of benzene rings is 2. The van der Waals surface area contributed by atoms with Crippen molar-refractivity contribution in [3.05, 3.63) is 59.4 Å². The highest BCUT2D eigenvalue weighted by molar-refractivity contribution is 9.09. The number of nitrogens with one attached hydrogen (secondary N) is 1. The van der Waals surface area contributed by atoms with Crippen molar-refractivity contribution in [1.29, 1.82) is 0 Å². The lowest BCUT2D eigenvalue weighted by molar-refractivity contribution is -0.118. The topological polar surface area (TPSA) is 55.4 Å². The molecule has 22 heavy (non-hydrogen) atoms. The van der Waals surface area contributed by atoms with Crippen LogP contribution in [0.3, 0.4) is 0 Å². The molecule has 1 aliphatic rings. The summed E-state index contributed by atoms with van der Waals surface area (Å²) in [5.74, 6) is -0.375. The molecule has 1 amide bonds. The fraction of sp³-hybridized carbons (Fsp3) is 0.125. The minimum atomic E-state index is -0.665. The molecule has 2 aromatic carbocycles. The summed E-state index contributed by atoms with van der Waals surface area (Å²) in [4.78, 5) is 23.2. The standard InChI is InChI=1S/C16H11BrFNO3/c17-15(9-2-1-3-11(18)6-9)16(21)10-4-5-13-12(7-10)19-14(20)8-22-13/h1-7,15H,8H2,(H,19,20). The van der Waals surface area contributed by atoms with Gasteiger partial charge in [-0.1, -0.05) is 28.1 Å². The number of carbonyl (C=O) groups excluding carboxylic acids is 2. The molecular weight excluding hydrogens is 353 g/mol. The van der Waals surface area contributed by atoms with E-state index < -0.39 is 10.6 Å². The minimum absolute atomic E-state index is 0.0370. The van der Waals surface area contributed by atoms with Crippen molar-refractivity contribution >= 4 is 33.3 Å². The third-order valence-corrected chi connectivity index (χ3v) is 4.21. The number of anilines is 1. The molecule has 0 spiro atoms. The molecule has 0 saturated carbocycles.